The minimum absolute atomic E-state index is 0.734. The third-order valence-electron chi connectivity index (χ3n) is 7.74. The molecule has 44 heavy (non-hydrogen) atoms. The molecule has 0 aliphatic heterocycles. The van der Waals surface area contributed by atoms with Crippen LogP contribution in [0.5, 0.6) is 11.5 Å². The van der Waals surface area contributed by atoms with E-state index in [9.17, 15) is 0 Å². The predicted molar refractivity (Wildman–Crippen MR) is 202 cm³/mol. The smallest absolute Gasteiger partial charge is 0.136 e. The second kappa shape index (κ2) is 24.6. The van der Waals surface area contributed by atoms with Gasteiger partial charge in [-0.05, 0) is 12.8 Å². The fourth-order valence-electron chi connectivity index (χ4n) is 5.05. The van der Waals surface area contributed by atoms with Crippen molar-refractivity contribution >= 4 is 16.1 Å². The monoisotopic (exact) mass is 638 g/mol. The zero-order chi connectivity index (χ0) is 32.5. The van der Waals surface area contributed by atoms with Gasteiger partial charge in [-0.3, -0.25) is 0 Å². The van der Waals surface area contributed by atoms with E-state index in [0.717, 1.165) is 48.7 Å². The van der Waals surface area contributed by atoms with Crippen molar-refractivity contribution in [3.05, 3.63) is 23.3 Å². The third kappa shape index (κ3) is 22.8. The van der Waals surface area contributed by atoms with Crippen LogP contribution in [-0.4, -0.2) is 29.4 Å². The largest absolute Gasteiger partial charge is 0.492 e. The Kier molecular flexibility index (Phi) is 22.6. The maximum Gasteiger partial charge on any atom is 0.136 e. The lowest BCUT2D eigenvalue weighted by molar-refractivity contribution is 0.295. The molecule has 0 bridgehead atoms. The molecular weight excluding hydrogens is 569 g/mol. The van der Waals surface area contributed by atoms with Gasteiger partial charge in [0.1, 0.15) is 27.6 Å². The highest BCUT2D eigenvalue weighted by molar-refractivity contribution is 6.84. The number of benzene rings is 1. The van der Waals surface area contributed by atoms with Gasteiger partial charge in [-0.1, -0.05) is 181 Å². The molecule has 1 rings (SSSR count). The van der Waals surface area contributed by atoms with Gasteiger partial charge in [0.15, 0.2) is 0 Å². The molecule has 4 heteroatoms. The molecule has 0 aliphatic carbocycles. The summed E-state index contributed by atoms with van der Waals surface area (Å²) in [5.74, 6) is 8.73. The lowest BCUT2D eigenvalue weighted by Gasteiger charge is -2.15. The van der Waals surface area contributed by atoms with Crippen molar-refractivity contribution in [1.29, 1.82) is 0 Å². The van der Waals surface area contributed by atoms with Crippen molar-refractivity contribution in [2.24, 2.45) is 0 Å². The Hall–Kier alpha value is -1.63. The Labute approximate surface area is 277 Å². The van der Waals surface area contributed by atoms with Crippen LogP contribution in [0.25, 0.3) is 0 Å². The molecule has 0 atom stereocenters. The van der Waals surface area contributed by atoms with Crippen LogP contribution in [0.2, 0.25) is 39.3 Å². The minimum atomic E-state index is -1.54. The first-order valence-electron chi connectivity index (χ1n) is 18.6. The molecule has 0 spiro atoms. The summed E-state index contributed by atoms with van der Waals surface area (Å²) in [6, 6.07) is 4.23. The van der Waals surface area contributed by atoms with Crippen molar-refractivity contribution in [3.8, 4) is 34.4 Å². The fourth-order valence-corrected chi connectivity index (χ4v) is 6.07. The van der Waals surface area contributed by atoms with Crippen molar-refractivity contribution in [1.82, 2.24) is 0 Å². The van der Waals surface area contributed by atoms with Crippen molar-refractivity contribution in [3.63, 3.8) is 0 Å². The molecular formula is C40H70O2Si2. The number of rotatable bonds is 24. The third-order valence-corrected chi connectivity index (χ3v) is 9.49. The van der Waals surface area contributed by atoms with Crippen LogP contribution >= 0.6 is 0 Å². The van der Waals surface area contributed by atoms with Crippen LogP contribution in [0.4, 0.5) is 0 Å². The van der Waals surface area contributed by atoms with Gasteiger partial charge in [-0.2, -0.15) is 0 Å². The molecule has 0 aromatic heterocycles. The first-order chi connectivity index (χ1) is 21.1. The minimum Gasteiger partial charge on any atom is -0.492 e. The van der Waals surface area contributed by atoms with E-state index in [1.165, 1.54) is 116 Å². The van der Waals surface area contributed by atoms with E-state index in [2.05, 4.69) is 88.2 Å². The summed E-state index contributed by atoms with van der Waals surface area (Å²) in [5.41, 5.74) is 9.03. The maximum absolute atomic E-state index is 6.41. The molecule has 250 valence electrons. The second-order valence-corrected chi connectivity index (χ2v) is 24.4. The van der Waals surface area contributed by atoms with Crippen LogP contribution in [0.15, 0.2) is 12.1 Å². The quantitative estimate of drug-likeness (QED) is 0.0637. The summed E-state index contributed by atoms with van der Waals surface area (Å²) < 4.78 is 12.8. The van der Waals surface area contributed by atoms with Gasteiger partial charge in [0, 0.05) is 12.1 Å². The van der Waals surface area contributed by atoms with Gasteiger partial charge < -0.3 is 9.47 Å². The molecule has 1 aromatic rings. The van der Waals surface area contributed by atoms with Gasteiger partial charge in [0.2, 0.25) is 0 Å². The topological polar surface area (TPSA) is 18.5 Å². The molecule has 0 amide bonds. The Morgan fingerprint density at radius 2 is 0.705 bits per heavy atom. The zero-order valence-electron chi connectivity index (χ0n) is 30.5. The molecule has 0 heterocycles. The fraction of sp³-hybridized carbons (Fsp3) is 0.750. The molecule has 0 unspecified atom stereocenters. The highest BCUT2D eigenvalue weighted by Crippen LogP contribution is 2.29. The van der Waals surface area contributed by atoms with Gasteiger partial charge in [-0.25, -0.2) is 0 Å². The highest BCUT2D eigenvalue weighted by Gasteiger charge is 2.14. The molecule has 0 aliphatic rings. The summed E-state index contributed by atoms with van der Waals surface area (Å²) in [5, 5.41) is 0. The van der Waals surface area contributed by atoms with Crippen molar-refractivity contribution in [2.75, 3.05) is 13.2 Å². The van der Waals surface area contributed by atoms with Crippen LogP contribution < -0.4 is 9.47 Å². The van der Waals surface area contributed by atoms with Crippen LogP contribution in [0.1, 0.15) is 153 Å². The Morgan fingerprint density at radius 1 is 0.432 bits per heavy atom. The van der Waals surface area contributed by atoms with Gasteiger partial charge >= 0.3 is 0 Å². The van der Waals surface area contributed by atoms with E-state index in [1.54, 1.807) is 0 Å². The highest BCUT2D eigenvalue weighted by atomic mass is 28.3. The predicted octanol–water partition coefficient (Wildman–Crippen LogP) is 12.7. The number of ether oxygens (including phenoxy) is 2. The standard InChI is InChI=1S/C40H70O2Si2/c1-9-11-13-15-17-19-21-23-25-27-31-41-39-35-38(30-34-44(6,7)8)40(36-37(39)29-33-43(3,4)5)42-32-28-26-24-22-20-18-16-14-12-10-2/h35-36H,9-28,31-32H2,1-8H3. The Balaban J connectivity index is 2.80. The van der Waals surface area contributed by atoms with Gasteiger partial charge in [0.25, 0.3) is 0 Å². The molecule has 0 saturated heterocycles. The number of hydrogen-bond acceptors (Lipinski definition) is 2. The normalized spacial score (nSPS) is 11.5. The molecule has 2 nitrogen and oxygen atoms in total. The van der Waals surface area contributed by atoms with Crippen molar-refractivity contribution in [2.45, 2.75) is 182 Å². The summed E-state index contributed by atoms with van der Waals surface area (Å²) >= 11 is 0. The summed E-state index contributed by atoms with van der Waals surface area (Å²) in [6.45, 7) is 19.8. The maximum atomic E-state index is 6.41. The summed E-state index contributed by atoms with van der Waals surface area (Å²) in [4.78, 5) is 0. The molecule has 0 N–H and O–H groups in total. The Morgan fingerprint density at radius 3 is 0.977 bits per heavy atom. The van der Waals surface area contributed by atoms with Crippen LogP contribution in [0, 0.1) is 22.9 Å². The van der Waals surface area contributed by atoms with Crippen LogP contribution in [-0.2, 0) is 0 Å². The van der Waals surface area contributed by atoms with Crippen molar-refractivity contribution < 1.29 is 9.47 Å². The van der Waals surface area contributed by atoms with Crippen LogP contribution in [0.3, 0.4) is 0 Å². The van der Waals surface area contributed by atoms with E-state index in [4.69, 9.17) is 9.47 Å². The van der Waals surface area contributed by atoms with E-state index >= 15 is 0 Å². The molecule has 1 aromatic carbocycles. The van der Waals surface area contributed by atoms with E-state index in [-0.39, 0.29) is 0 Å². The summed E-state index contributed by atoms with van der Waals surface area (Å²) in [7, 11) is -3.08. The van der Waals surface area contributed by atoms with E-state index in [1.807, 2.05) is 0 Å². The molecule has 0 fully saturated rings. The number of unbranched alkanes of at least 4 members (excludes halogenated alkanes) is 18. The first-order valence-corrected chi connectivity index (χ1v) is 25.6. The first kappa shape index (κ1) is 40.4. The summed E-state index contributed by atoms with van der Waals surface area (Å²) in [6.07, 6.45) is 26.5. The SMILES string of the molecule is CCCCCCCCCCCCOc1cc(C#C[Si](C)(C)C)c(OCCCCCCCCCCCC)cc1C#C[Si](C)(C)C. The lowest BCUT2D eigenvalue weighted by Crippen LogP contribution is -2.16. The molecule has 0 radical (unpaired) electrons. The zero-order valence-corrected chi connectivity index (χ0v) is 32.5. The van der Waals surface area contributed by atoms with E-state index in [0.29, 0.717) is 0 Å². The van der Waals surface area contributed by atoms with E-state index < -0.39 is 16.1 Å². The average Bonchev–Trinajstić information content (AvgIpc) is 2.96. The average molecular weight is 639 g/mol. The van der Waals surface area contributed by atoms with Gasteiger partial charge in [0.05, 0.1) is 24.3 Å². The molecule has 0 saturated carbocycles. The van der Waals surface area contributed by atoms with Gasteiger partial charge in [-0.15, -0.1) is 11.1 Å². The lowest BCUT2D eigenvalue weighted by atomic mass is 10.1. The number of hydrogen-bond donors (Lipinski definition) is 0. The Bertz CT molecular complexity index is 913. The second-order valence-electron chi connectivity index (χ2n) is 14.9.